The number of rotatable bonds is 2. The number of nitrogen functional groups attached to an aromatic ring is 1. The summed E-state index contributed by atoms with van der Waals surface area (Å²) in [4.78, 5) is 8.42. The average Bonchev–Trinajstić information content (AvgIpc) is 2.67. The lowest BCUT2D eigenvalue weighted by atomic mass is 10.5. The molecule has 2 N–H and O–H groups in total. The number of imidazole rings is 1. The zero-order valence-corrected chi connectivity index (χ0v) is 9.01. The first kappa shape index (κ1) is 9.21. The number of aryl methyl sites for hydroxylation is 2. The van der Waals surface area contributed by atoms with Crippen molar-refractivity contribution in [2.45, 2.75) is 20.4 Å². The summed E-state index contributed by atoms with van der Waals surface area (Å²) >= 11 is 1.65. The molecule has 0 amide bonds. The smallest absolute Gasteiger partial charge is 0.200 e. The van der Waals surface area contributed by atoms with Crippen molar-refractivity contribution in [3.63, 3.8) is 0 Å². The lowest BCUT2D eigenvalue weighted by Gasteiger charge is -2.03. The molecule has 5 heteroatoms. The molecule has 0 aliphatic heterocycles. The van der Waals surface area contributed by atoms with Crippen molar-refractivity contribution >= 4 is 17.3 Å². The van der Waals surface area contributed by atoms with Crippen molar-refractivity contribution < 1.29 is 0 Å². The maximum absolute atomic E-state index is 5.72. The predicted molar refractivity (Wildman–Crippen MR) is 57.3 cm³/mol. The van der Waals surface area contributed by atoms with Crippen molar-refractivity contribution in [3.05, 3.63) is 28.0 Å². The Kier molecular flexibility index (Phi) is 2.25. The van der Waals surface area contributed by atoms with Crippen LogP contribution >= 0.6 is 11.3 Å². The highest BCUT2D eigenvalue weighted by molar-refractivity contribution is 7.09. The van der Waals surface area contributed by atoms with Crippen LogP contribution in [0.15, 0.2) is 11.6 Å². The largest absolute Gasteiger partial charge is 0.369 e. The van der Waals surface area contributed by atoms with Crippen molar-refractivity contribution in [2.75, 3.05) is 5.73 Å². The first-order chi connectivity index (χ1) is 6.66. The van der Waals surface area contributed by atoms with Crippen LogP contribution in [0.25, 0.3) is 0 Å². The normalized spacial score (nSPS) is 10.7. The molecular weight excluding hydrogens is 196 g/mol. The summed E-state index contributed by atoms with van der Waals surface area (Å²) in [5.41, 5.74) is 7.85. The van der Waals surface area contributed by atoms with E-state index in [2.05, 4.69) is 9.97 Å². The third kappa shape index (κ3) is 1.63. The quantitative estimate of drug-likeness (QED) is 0.815. The minimum Gasteiger partial charge on any atom is -0.369 e. The Morgan fingerprint density at radius 3 is 2.79 bits per heavy atom. The summed E-state index contributed by atoms with van der Waals surface area (Å²) in [6, 6.07) is 0. The molecule has 0 bridgehead atoms. The molecule has 2 aromatic rings. The van der Waals surface area contributed by atoms with Gasteiger partial charge in [0, 0.05) is 16.8 Å². The number of nitrogens with two attached hydrogens (primary N) is 1. The number of nitrogens with zero attached hydrogens (tertiary/aromatic N) is 3. The lowest BCUT2D eigenvalue weighted by molar-refractivity contribution is 0.774. The maximum atomic E-state index is 5.72. The van der Waals surface area contributed by atoms with Crippen LogP contribution in [-0.2, 0) is 6.54 Å². The number of hydrogen-bond donors (Lipinski definition) is 1. The van der Waals surface area contributed by atoms with E-state index < -0.39 is 0 Å². The van der Waals surface area contributed by atoms with Crippen LogP contribution in [0.2, 0.25) is 0 Å². The minimum atomic E-state index is 0.551. The predicted octanol–water partition coefficient (Wildman–Crippen LogP) is 1.59. The fourth-order valence-corrected chi connectivity index (χ4v) is 2.06. The Labute approximate surface area is 86.4 Å². The highest BCUT2D eigenvalue weighted by atomic mass is 32.1. The Morgan fingerprint density at radius 1 is 1.50 bits per heavy atom. The molecular formula is C9H12N4S. The van der Waals surface area contributed by atoms with Crippen LogP contribution in [0.5, 0.6) is 0 Å². The molecule has 0 aromatic carbocycles. The van der Waals surface area contributed by atoms with Crippen molar-refractivity contribution in [3.8, 4) is 0 Å². The molecule has 0 saturated carbocycles. The molecule has 0 fully saturated rings. The van der Waals surface area contributed by atoms with Crippen LogP contribution in [0.4, 0.5) is 5.95 Å². The second-order valence-electron chi connectivity index (χ2n) is 3.23. The molecule has 0 aliphatic rings. The van der Waals surface area contributed by atoms with Crippen LogP contribution < -0.4 is 5.73 Å². The highest BCUT2D eigenvalue weighted by Gasteiger charge is 2.06. The van der Waals surface area contributed by atoms with Crippen LogP contribution in [0.3, 0.4) is 0 Å². The second-order valence-corrected chi connectivity index (χ2v) is 4.17. The summed E-state index contributed by atoms with van der Waals surface area (Å²) in [6.07, 6.45) is 1.77. The van der Waals surface area contributed by atoms with Crippen LogP contribution in [0.1, 0.15) is 16.4 Å². The van der Waals surface area contributed by atoms with E-state index in [-0.39, 0.29) is 0 Å². The zero-order chi connectivity index (χ0) is 10.1. The van der Waals surface area contributed by atoms with Gasteiger partial charge < -0.3 is 10.3 Å². The van der Waals surface area contributed by atoms with E-state index in [0.717, 1.165) is 22.9 Å². The highest BCUT2D eigenvalue weighted by Crippen LogP contribution is 2.14. The Morgan fingerprint density at radius 2 is 2.29 bits per heavy atom. The van der Waals surface area contributed by atoms with Gasteiger partial charge in [-0.2, -0.15) is 0 Å². The Hall–Kier alpha value is -1.36. The molecule has 74 valence electrons. The summed E-state index contributed by atoms with van der Waals surface area (Å²) in [5, 5.41) is 3.10. The summed E-state index contributed by atoms with van der Waals surface area (Å²) in [6.45, 7) is 4.70. The molecule has 4 nitrogen and oxygen atoms in total. The molecule has 0 atom stereocenters. The maximum Gasteiger partial charge on any atom is 0.200 e. The Balaban J connectivity index is 2.26. The molecule has 2 rings (SSSR count). The first-order valence-corrected chi connectivity index (χ1v) is 5.23. The van der Waals surface area contributed by atoms with E-state index in [1.807, 2.05) is 23.8 Å². The van der Waals surface area contributed by atoms with Gasteiger partial charge in [-0.05, 0) is 13.8 Å². The SMILES string of the molecule is Cc1csc(Cn2c(C)cnc2N)n1. The van der Waals surface area contributed by atoms with E-state index in [4.69, 9.17) is 5.73 Å². The average molecular weight is 208 g/mol. The molecule has 2 aromatic heterocycles. The van der Waals surface area contributed by atoms with Gasteiger partial charge in [0.25, 0.3) is 0 Å². The first-order valence-electron chi connectivity index (χ1n) is 4.35. The zero-order valence-electron chi connectivity index (χ0n) is 8.19. The molecule has 2 heterocycles. The molecule has 14 heavy (non-hydrogen) atoms. The fraction of sp³-hybridized carbons (Fsp3) is 0.333. The monoisotopic (exact) mass is 208 g/mol. The number of hydrogen-bond acceptors (Lipinski definition) is 4. The van der Waals surface area contributed by atoms with Gasteiger partial charge in [0.15, 0.2) is 0 Å². The number of thiazole rings is 1. The van der Waals surface area contributed by atoms with Gasteiger partial charge in [-0.3, -0.25) is 0 Å². The topological polar surface area (TPSA) is 56.7 Å². The van der Waals surface area contributed by atoms with Crippen LogP contribution in [0, 0.1) is 13.8 Å². The van der Waals surface area contributed by atoms with Gasteiger partial charge in [-0.1, -0.05) is 0 Å². The minimum absolute atomic E-state index is 0.551. The molecule has 0 radical (unpaired) electrons. The van der Waals surface area contributed by atoms with E-state index in [1.54, 1.807) is 17.5 Å². The summed E-state index contributed by atoms with van der Waals surface area (Å²) in [5.74, 6) is 0.551. The van der Waals surface area contributed by atoms with Gasteiger partial charge in [-0.25, -0.2) is 9.97 Å². The van der Waals surface area contributed by atoms with Crippen LogP contribution in [-0.4, -0.2) is 14.5 Å². The van der Waals surface area contributed by atoms with E-state index >= 15 is 0 Å². The fourth-order valence-electron chi connectivity index (χ4n) is 1.30. The third-order valence-corrected chi connectivity index (χ3v) is 3.00. The third-order valence-electron chi connectivity index (χ3n) is 2.05. The van der Waals surface area contributed by atoms with Gasteiger partial charge in [0.2, 0.25) is 5.95 Å². The van der Waals surface area contributed by atoms with Gasteiger partial charge in [0.05, 0.1) is 12.7 Å². The van der Waals surface area contributed by atoms with Crippen molar-refractivity contribution in [2.24, 2.45) is 0 Å². The van der Waals surface area contributed by atoms with Gasteiger partial charge in [0.1, 0.15) is 5.01 Å². The standard InChI is InChI=1S/C9H12N4S/c1-6-5-14-8(12-6)4-13-7(2)3-11-9(13)10/h3,5H,4H2,1-2H3,(H2,10,11). The molecule has 0 spiro atoms. The van der Waals surface area contributed by atoms with Crippen molar-refractivity contribution in [1.29, 1.82) is 0 Å². The molecule has 0 aliphatic carbocycles. The van der Waals surface area contributed by atoms with E-state index in [1.165, 1.54) is 0 Å². The second kappa shape index (κ2) is 3.42. The van der Waals surface area contributed by atoms with Crippen molar-refractivity contribution in [1.82, 2.24) is 14.5 Å². The Bertz CT molecular complexity index is 424. The van der Waals surface area contributed by atoms with Gasteiger partial charge >= 0.3 is 0 Å². The summed E-state index contributed by atoms with van der Waals surface area (Å²) < 4.78 is 1.96. The lowest BCUT2D eigenvalue weighted by Crippen LogP contribution is -2.05. The number of aromatic nitrogens is 3. The molecule has 0 saturated heterocycles. The van der Waals surface area contributed by atoms with E-state index in [9.17, 15) is 0 Å². The molecule has 0 unspecified atom stereocenters. The van der Waals surface area contributed by atoms with E-state index in [0.29, 0.717) is 5.95 Å². The summed E-state index contributed by atoms with van der Waals surface area (Å²) in [7, 11) is 0. The van der Waals surface area contributed by atoms with Gasteiger partial charge in [-0.15, -0.1) is 11.3 Å². The number of anilines is 1.